The predicted octanol–water partition coefficient (Wildman–Crippen LogP) is 2.79. The van der Waals surface area contributed by atoms with E-state index in [-0.39, 0.29) is 6.61 Å². The number of hydrogen-bond donors (Lipinski definition) is 2. The molecule has 8 heteroatoms. The number of rotatable bonds is 4. The van der Waals surface area contributed by atoms with E-state index in [4.69, 9.17) is 15.0 Å². The van der Waals surface area contributed by atoms with Crippen LogP contribution >= 0.6 is 0 Å². The van der Waals surface area contributed by atoms with Crippen LogP contribution in [0.5, 0.6) is 5.88 Å². The SMILES string of the molecule is Cc1nc(OCc2cc(C)on2)c2c(-c3ccnc(N)c3)c[nH]c2n1. The van der Waals surface area contributed by atoms with E-state index in [1.54, 1.807) is 12.3 Å². The lowest BCUT2D eigenvalue weighted by molar-refractivity contribution is 0.280. The van der Waals surface area contributed by atoms with E-state index in [1.165, 1.54) is 0 Å². The second kappa shape index (κ2) is 5.90. The Balaban J connectivity index is 1.78. The Morgan fingerprint density at radius 3 is 2.88 bits per heavy atom. The van der Waals surface area contributed by atoms with Crippen molar-refractivity contribution in [2.45, 2.75) is 20.5 Å². The summed E-state index contributed by atoms with van der Waals surface area (Å²) < 4.78 is 11.0. The number of anilines is 1. The van der Waals surface area contributed by atoms with Gasteiger partial charge in [0.1, 0.15) is 35.4 Å². The molecule has 0 aromatic carbocycles. The lowest BCUT2D eigenvalue weighted by Gasteiger charge is -2.08. The van der Waals surface area contributed by atoms with Gasteiger partial charge in [-0.25, -0.2) is 9.97 Å². The van der Waals surface area contributed by atoms with Gasteiger partial charge >= 0.3 is 0 Å². The predicted molar refractivity (Wildman–Crippen MR) is 91.8 cm³/mol. The first kappa shape index (κ1) is 15.1. The van der Waals surface area contributed by atoms with Crippen molar-refractivity contribution in [1.29, 1.82) is 0 Å². The van der Waals surface area contributed by atoms with Crippen LogP contribution in [0.4, 0.5) is 5.82 Å². The van der Waals surface area contributed by atoms with Crippen LogP contribution in [0.25, 0.3) is 22.2 Å². The molecule has 4 aromatic heterocycles. The molecule has 0 amide bonds. The number of ether oxygens (including phenoxy) is 1. The molecule has 8 nitrogen and oxygen atoms in total. The Morgan fingerprint density at radius 1 is 1.24 bits per heavy atom. The molecule has 0 bridgehead atoms. The van der Waals surface area contributed by atoms with Crippen molar-refractivity contribution in [2.75, 3.05) is 5.73 Å². The summed E-state index contributed by atoms with van der Waals surface area (Å²) in [6, 6.07) is 5.50. The number of nitrogens with zero attached hydrogens (tertiary/aromatic N) is 4. The number of nitrogens with one attached hydrogen (secondary N) is 1. The molecule has 4 aromatic rings. The minimum absolute atomic E-state index is 0.256. The van der Waals surface area contributed by atoms with Gasteiger partial charge in [0.05, 0.1) is 5.39 Å². The van der Waals surface area contributed by atoms with Gasteiger partial charge in [-0.1, -0.05) is 5.16 Å². The van der Waals surface area contributed by atoms with Crippen LogP contribution in [0.2, 0.25) is 0 Å². The Hall–Kier alpha value is -3.42. The Labute approximate surface area is 143 Å². The fourth-order valence-electron chi connectivity index (χ4n) is 2.68. The van der Waals surface area contributed by atoms with Gasteiger partial charge in [-0.15, -0.1) is 0 Å². The summed E-state index contributed by atoms with van der Waals surface area (Å²) in [5.41, 5.74) is 9.01. The van der Waals surface area contributed by atoms with Crippen molar-refractivity contribution in [3.8, 4) is 17.0 Å². The topological polar surface area (TPSA) is 116 Å². The third kappa shape index (κ3) is 2.89. The van der Waals surface area contributed by atoms with Gasteiger partial charge in [-0.3, -0.25) is 0 Å². The van der Waals surface area contributed by atoms with Gasteiger partial charge in [0.2, 0.25) is 5.88 Å². The lowest BCUT2D eigenvalue weighted by atomic mass is 10.1. The van der Waals surface area contributed by atoms with E-state index in [0.717, 1.165) is 22.3 Å². The molecule has 0 saturated heterocycles. The molecule has 4 rings (SSSR count). The average Bonchev–Trinajstić information content (AvgIpc) is 3.18. The molecule has 0 fully saturated rings. The summed E-state index contributed by atoms with van der Waals surface area (Å²) in [6.07, 6.45) is 3.53. The standard InChI is InChI=1S/C17H16N6O2/c1-9-5-12(23-25-9)8-24-17-15-13(11-3-4-19-14(18)6-11)7-20-16(15)21-10(2)22-17/h3-7H,8H2,1-2H3,(H2,18,19)(H,20,21,22). The maximum Gasteiger partial charge on any atom is 0.227 e. The zero-order chi connectivity index (χ0) is 17.4. The van der Waals surface area contributed by atoms with Gasteiger partial charge in [-0.05, 0) is 31.5 Å². The van der Waals surface area contributed by atoms with Gasteiger partial charge in [-0.2, -0.15) is 4.98 Å². The molecule has 0 aliphatic carbocycles. The number of aromatic nitrogens is 5. The number of aromatic amines is 1. The molecular formula is C17H16N6O2. The second-order valence-electron chi connectivity index (χ2n) is 5.69. The highest BCUT2D eigenvalue weighted by Crippen LogP contribution is 2.34. The van der Waals surface area contributed by atoms with Crippen LogP contribution in [0, 0.1) is 13.8 Å². The summed E-state index contributed by atoms with van der Waals surface area (Å²) in [7, 11) is 0. The van der Waals surface area contributed by atoms with E-state index >= 15 is 0 Å². The number of nitrogen functional groups attached to an aromatic ring is 1. The Kier molecular flexibility index (Phi) is 3.57. The van der Waals surface area contributed by atoms with Crippen LogP contribution in [0.15, 0.2) is 35.1 Å². The molecule has 0 radical (unpaired) electrons. The lowest BCUT2D eigenvalue weighted by Crippen LogP contribution is -2.01. The molecule has 0 spiro atoms. The molecule has 0 atom stereocenters. The number of hydrogen-bond acceptors (Lipinski definition) is 7. The van der Waals surface area contributed by atoms with Crippen LogP contribution in [-0.2, 0) is 6.61 Å². The quantitative estimate of drug-likeness (QED) is 0.588. The number of nitrogens with two attached hydrogens (primary N) is 1. The minimum atomic E-state index is 0.256. The van der Waals surface area contributed by atoms with E-state index in [1.807, 2.05) is 32.2 Å². The van der Waals surface area contributed by atoms with Crippen LogP contribution in [0.1, 0.15) is 17.3 Å². The maximum atomic E-state index is 5.91. The minimum Gasteiger partial charge on any atom is -0.470 e. The smallest absolute Gasteiger partial charge is 0.227 e. The van der Waals surface area contributed by atoms with Crippen molar-refractivity contribution < 1.29 is 9.26 Å². The van der Waals surface area contributed by atoms with E-state index < -0.39 is 0 Å². The Bertz CT molecular complexity index is 1050. The molecule has 4 heterocycles. The first-order valence-electron chi connectivity index (χ1n) is 7.73. The van der Waals surface area contributed by atoms with Crippen molar-refractivity contribution in [1.82, 2.24) is 25.1 Å². The third-order valence-corrected chi connectivity index (χ3v) is 3.74. The zero-order valence-electron chi connectivity index (χ0n) is 13.8. The second-order valence-corrected chi connectivity index (χ2v) is 5.69. The van der Waals surface area contributed by atoms with Crippen molar-refractivity contribution in [3.05, 3.63) is 47.9 Å². The molecule has 25 heavy (non-hydrogen) atoms. The van der Waals surface area contributed by atoms with Crippen LogP contribution in [-0.4, -0.2) is 25.1 Å². The first-order valence-corrected chi connectivity index (χ1v) is 7.73. The zero-order valence-corrected chi connectivity index (χ0v) is 13.8. The monoisotopic (exact) mass is 336 g/mol. The average molecular weight is 336 g/mol. The maximum absolute atomic E-state index is 5.91. The highest BCUT2D eigenvalue weighted by Gasteiger charge is 2.16. The highest BCUT2D eigenvalue weighted by molar-refractivity contribution is 5.97. The summed E-state index contributed by atoms with van der Waals surface area (Å²) in [4.78, 5) is 16.1. The van der Waals surface area contributed by atoms with Crippen LogP contribution in [0.3, 0.4) is 0 Å². The molecule has 0 unspecified atom stereocenters. The molecule has 126 valence electrons. The van der Waals surface area contributed by atoms with Crippen molar-refractivity contribution in [3.63, 3.8) is 0 Å². The number of fused-ring (bicyclic) bond motifs is 1. The third-order valence-electron chi connectivity index (χ3n) is 3.74. The number of H-pyrrole nitrogens is 1. The molecule has 3 N–H and O–H groups in total. The van der Waals surface area contributed by atoms with E-state index in [9.17, 15) is 0 Å². The van der Waals surface area contributed by atoms with Gasteiger partial charge in [0, 0.05) is 24.0 Å². The number of pyridine rings is 1. The van der Waals surface area contributed by atoms with Gasteiger partial charge in [0.25, 0.3) is 0 Å². The molecule has 0 aliphatic heterocycles. The van der Waals surface area contributed by atoms with Gasteiger partial charge in [0.15, 0.2) is 0 Å². The van der Waals surface area contributed by atoms with Gasteiger partial charge < -0.3 is 20.0 Å². The normalized spacial score (nSPS) is 11.1. The summed E-state index contributed by atoms with van der Waals surface area (Å²) in [5, 5.41) is 4.73. The molecule has 0 aliphatic rings. The fraction of sp³-hybridized carbons (Fsp3) is 0.176. The largest absolute Gasteiger partial charge is 0.470 e. The van der Waals surface area contributed by atoms with E-state index in [0.29, 0.717) is 28.9 Å². The number of aryl methyl sites for hydroxylation is 2. The summed E-state index contributed by atoms with van der Waals surface area (Å²) in [6.45, 7) is 3.91. The van der Waals surface area contributed by atoms with Crippen LogP contribution < -0.4 is 10.5 Å². The van der Waals surface area contributed by atoms with Crippen molar-refractivity contribution in [2.24, 2.45) is 0 Å². The first-order chi connectivity index (χ1) is 12.1. The summed E-state index contributed by atoms with van der Waals surface area (Å²) in [5.74, 6) is 2.27. The van der Waals surface area contributed by atoms with E-state index in [2.05, 4.69) is 25.1 Å². The Morgan fingerprint density at radius 2 is 2.12 bits per heavy atom. The molecular weight excluding hydrogens is 320 g/mol. The summed E-state index contributed by atoms with van der Waals surface area (Å²) >= 11 is 0. The fourth-order valence-corrected chi connectivity index (χ4v) is 2.68. The van der Waals surface area contributed by atoms with Crippen molar-refractivity contribution >= 4 is 16.9 Å². The highest BCUT2D eigenvalue weighted by atomic mass is 16.5. The molecule has 0 saturated carbocycles.